The van der Waals surface area contributed by atoms with Gasteiger partial charge in [-0.3, -0.25) is 4.79 Å². The average molecular weight is 285 g/mol. The van der Waals surface area contributed by atoms with Gasteiger partial charge in [0, 0.05) is 17.2 Å². The lowest BCUT2D eigenvalue weighted by atomic mass is 9.96. The lowest BCUT2D eigenvalue weighted by Gasteiger charge is -2.25. The van der Waals surface area contributed by atoms with E-state index in [2.05, 4.69) is 5.32 Å². The second-order valence-electron chi connectivity index (χ2n) is 4.59. The third-order valence-electron chi connectivity index (χ3n) is 2.93. The Bertz CT molecular complexity index is 428. The number of nitrogens with one attached hydrogen (secondary N) is 1. The summed E-state index contributed by atoms with van der Waals surface area (Å²) < 4.78 is 13.4. The molecule has 1 aromatic rings. The van der Waals surface area contributed by atoms with E-state index >= 15 is 0 Å². The highest BCUT2D eigenvalue weighted by molar-refractivity contribution is 7.99. The van der Waals surface area contributed by atoms with Gasteiger partial charge >= 0.3 is 5.97 Å². The van der Waals surface area contributed by atoms with Gasteiger partial charge < -0.3 is 10.4 Å². The van der Waals surface area contributed by atoms with Crippen LogP contribution in [0.3, 0.4) is 0 Å². The fraction of sp³-hybridized carbons (Fsp3) is 0.500. The van der Waals surface area contributed by atoms with Gasteiger partial charge in [-0.05, 0) is 25.5 Å². The van der Waals surface area contributed by atoms with Crippen molar-refractivity contribution in [2.75, 3.05) is 12.3 Å². The topological polar surface area (TPSA) is 49.3 Å². The zero-order valence-corrected chi connectivity index (χ0v) is 12.1. The zero-order chi connectivity index (χ0) is 14.3. The predicted molar refractivity (Wildman–Crippen MR) is 76.1 cm³/mol. The standard InChI is InChI=1S/C14H20FNO2S/c1-3-8-14(2,13(17)18)16-9-10-19-12-7-5-4-6-11(12)15/h4-7,16H,3,8-10H2,1-2H3,(H,17,18). The van der Waals surface area contributed by atoms with Crippen molar-refractivity contribution in [2.45, 2.75) is 37.1 Å². The first-order valence-corrected chi connectivity index (χ1v) is 7.34. The van der Waals surface area contributed by atoms with Crippen molar-refractivity contribution in [3.05, 3.63) is 30.1 Å². The fourth-order valence-electron chi connectivity index (χ4n) is 1.82. The number of carboxylic acid groups (broad SMARTS) is 1. The van der Waals surface area contributed by atoms with Gasteiger partial charge in [-0.2, -0.15) is 0 Å². The van der Waals surface area contributed by atoms with Crippen molar-refractivity contribution in [1.29, 1.82) is 0 Å². The smallest absolute Gasteiger partial charge is 0.323 e. The summed E-state index contributed by atoms with van der Waals surface area (Å²) in [6.07, 6.45) is 1.38. The molecule has 19 heavy (non-hydrogen) atoms. The maximum Gasteiger partial charge on any atom is 0.323 e. The maximum absolute atomic E-state index is 13.4. The van der Waals surface area contributed by atoms with Crippen molar-refractivity contribution < 1.29 is 14.3 Å². The van der Waals surface area contributed by atoms with Crippen molar-refractivity contribution in [2.24, 2.45) is 0 Å². The Kier molecular flexibility index (Phi) is 6.31. The largest absolute Gasteiger partial charge is 0.480 e. The molecule has 0 heterocycles. The fourth-order valence-corrected chi connectivity index (χ4v) is 2.63. The van der Waals surface area contributed by atoms with Crippen molar-refractivity contribution in [3.8, 4) is 0 Å². The van der Waals surface area contributed by atoms with Gasteiger partial charge in [0.25, 0.3) is 0 Å². The van der Waals surface area contributed by atoms with E-state index in [-0.39, 0.29) is 5.82 Å². The first-order valence-electron chi connectivity index (χ1n) is 6.35. The van der Waals surface area contributed by atoms with E-state index in [9.17, 15) is 14.3 Å². The van der Waals surface area contributed by atoms with E-state index in [0.29, 0.717) is 23.6 Å². The van der Waals surface area contributed by atoms with Gasteiger partial charge in [0.1, 0.15) is 11.4 Å². The maximum atomic E-state index is 13.4. The summed E-state index contributed by atoms with van der Waals surface area (Å²) in [5.74, 6) is -0.444. The Morgan fingerprint density at radius 2 is 2.16 bits per heavy atom. The molecule has 1 atom stereocenters. The molecule has 2 N–H and O–H groups in total. The van der Waals surface area contributed by atoms with Gasteiger partial charge in [-0.15, -0.1) is 11.8 Å². The molecule has 106 valence electrons. The van der Waals surface area contributed by atoms with Gasteiger partial charge in [0.15, 0.2) is 0 Å². The number of halogens is 1. The second kappa shape index (κ2) is 7.50. The summed E-state index contributed by atoms with van der Waals surface area (Å²) in [6.45, 7) is 4.17. The van der Waals surface area contributed by atoms with Crippen LogP contribution in [0.15, 0.2) is 29.2 Å². The lowest BCUT2D eigenvalue weighted by Crippen LogP contribution is -2.50. The molecule has 0 saturated carbocycles. The number of hydrogen-bond donors (Lipinski definition) is 2. The number of rotatable bonds is 8. The van der Waals surface area contributed by atoms with Gasteiger partial charge in [0.05, 0.1) is 0 Å². The molecule has 0 bridgehead atoms. The molecule has 0 saturated heterocycles. The molecule has 0 aliphatic carbocycles. The van der Waals surface area contributed by atoms with E-state index in [0.717, 1.165) is 6.42 Å². The van der Waals surface area contributed by atoms with Crippen LogP contribution in [-0.4, -0.2) is 28.9 Å². The van der Waals surface area contributed by atoms with Crippen molar-refractivity contribution in [3.63, 3.8) is 0 Å². The zero-order valence-electron chi connectivity index (χ0n) is 11.3. The minimum Gasteiger partial charge on any atom is -0.480 e. The van der Waals surface area contributed by atoms with Crippen LogP contribution in [0.25, 0.3) is 0 Å². The van der Waals surface area contributed by atoms with Crippen LogP contribution in [0.2, 0.25) is 0 Å². The quantitative estimate of drug-likeness (QED) is 0.569. The second-order valence-corrected chi connectivity index (χ2v) is 5.73. The Hall–Kier alpha value is -1.07. The van der Waals surface area contributed by atoms with E-state index in [4.69, 9.17) is 0 Å². The molecule has 0 aliphatic heterocycles. The first-order chi connectivity index (χ1) is 8.99. The van der Waals surface area contributed by atoms with Crippen LogP contribution in [0, 0.1) is 5.82 Å². The Morgan fingerprint density at radius 1 is 1.47 bits per heavy atom. The Balaban J connectivity index is 2.41. The van der Waals surface area contributed by atoms with Crippen LogP contribution in [0.4, 0.5) is 4.39 Å². The van der Waals surface area contributed by atoms with E-state index < -0.39 is 11.5 Å². The summed E-state index contributed by atoms with van der Waals surface area (Å²) in [6, 6.07) is 6.59. The van der Waals surface area contributed by atoms with Gasteiger partial charge in [-0.25, -0.2) is 4.39 Å². The number of carbonyl (C=O) groups is 1. The normalized spacial score (nSPS) is 14.1. The van der Waals surface area contributed by atoms with Crippen LogP contribution in [0.5, 0.6) is 0 Å². The minimum absolute atomic E-state index is 0.234. The molecule has 1 aromatic carbocycles. The molecule has 0 spiro atoms. The summed E-state index contributed by atoms with van der Waals surface area (Å²) in [5, 5.41) is 12.2. The van der Waals surface area contributed by atoms with Crippen LogP contribution in [0.1, 0.15) is 26.7 Å². The van der Waals surface area contributed by atoms with Crippen molar-refractivity contribution >= 4 is 17.7 Å². The highest BCUT2D eigenvalue weighted by Crippen LogP contribution is 2.21. The molecule has 0 amide bonds. The summed E-state index contributed by atoms with van der Waals surface area (Å²) in [7, 11) is 0. The van der Waals surface area contributed by atoms with E-state index in [1.165, 1.54) is 17.8 Å². The number of hydrogen-bond acceptors (Lipinski definition) is 3. The summed E-state index contributed by atoms with van der Waals surface area (Å²) >= 11 is 1.39. The van der Waals surface area contributed by atoms with Gasteiger partial charge in [-0.1, -0.05) is 25.5 Å². The number of benzene rings is 1. The highest BCUT2D eigenvalue weighted by atomic mass is 32.2. The summed E-state index contributed by atoms with van der Waals surface area (Å²) in [5.41, 5.74) is -0.898. The Morgan fingerprint density at radius 3 is 2.74 bits per heavy atom. The molecular weight excluding hydrogens is 265 g/mol. The van der Waals surface area contributed by atoms with Gasteiger partial charge in [0.2, 0.25) is 0 Å². The number of carboxylic acids is 1. The van der Waals surface area contributed by atoms with Crippen LogP contribution < -0.4 is 5.32 Å². The molecule has 0 radical (unpaired) electrons. The first kappa shape index (κ1) is 16.0. The lowest BCUT2D eigenvalue weighted by molar-refractivity contribution is -0.144. The van der Waals surface area contributed by atoms with Crippen molar-refractivity contribution in [1.82, 2.24) is 5.32 Å². The third-order valence-corrected chi connectivity index (χ3v) is 3.98. The van der Waals surface area contributed by atoms with E-state index in [1.54, 1.807) is 25.1 Å². The number of aliphatic carboxylic acids is 1. The van der Waals surface area contributed by atoms with E-state index in [1.807, 2.05) is 6.92 Å². The molecule has 0 aliphatic rings. The van der Waals surface area contributed by atoms with Crippen LogP contribution >= 0.6 is 11.8 Å². The third kappa shape index (κ3) is 4.84. The molecule has 3 nitrogen and oxygen atoms in total. The monoisotopic (exact) mass is 285 g/mol. The molecule has 0 aromatic heterocycles. The Labute approximate surface area is 117 Å². The molecule has 0 fully saturated rings. The average Bonchev–Trinajstić information content (AvgIpc) is 2.37. The molecule has 1 unspecified atom stereocenters. The minimum atomic E-state index is -0.898. The SMILES string of the molecule is CCCC(C)(NCCSc1ccccc1F)C(=O)O. The van der Waals surface area contributed by atoms with Crippen LogP contribution in [-0.2, 0) is 4.79 Å². The molecule has 5 heteroatoms. The molecular formula is C14H20FNO2S. The highest BCUT2D eigenvalue weighted by Gasteiger charge is 2.30. The summed E-state index contributed by atoms with van der Waals surface area (Å²) in [4.78, 5) is 11.8. The predicted octanol–water partition coefficient (Wildman–Crippen LogP) is 3.15. The number of thioether (sulfide) groups is 1. The molecule has 1 rings (SSSR count).